The summed E-state index contributed by atoms with van der Waals surface area (Å²) in [7, 11) is 1.56. The van der Waals surface area contributed by atoms with Gasteiger partial charge in [0.25, 0.3) is 0 Å². The molecule has 0 radical (unpaired) electrons. The van der Waals surface area contributed by atoms with E-state index in [2.05, 4.69) is 5.32 Å². The molecule has 0 heterocycles. The van der Waals surface area contributed by atoms with Crippen molar-refractivity contribution < 1.29 is 24.5 Å². The second kappa shape index (κ2) is 6.94. The number of nitrogens with one attached hydrogen (secondary N) is 1. The van der Waals surface area contributed by atoms with Crippen LogP contribution in [0, 0.1) is 0 Å². The Morgan fingerprint density at radius 3 is 2.52 bits per heavy atom. The first-order chi connectivity index (χ1) is 9.77. The number of carboxylic acids is 1. The van der Waals surface area contributed by atoms with Crippen molar-refractivity contribution >= 4 is 17.7 Å². The Hall–Kier alpha value is -2.28. The van der Waals surface area contributed by atoms with Crippen molar-refractivity contribution in [3.63, 3.8) is 0 Å². The Bertz CT molecular complexity index is 516. The molecule has 3 N–H and O–H groups in total. The highest BCUT2D eigenvalue weighted by Gasteiger charge is 2.27. The monoisotopic (exact) mass is 296 g/mol. The minimum atomic E-state index is -1.10. The summed E-state index contributed by atoms with van der Waals surface area (Å²) in [5.74, 6) is -0.835. The lowest BCUT2D eigenvalue weighted by Crippen LogP contribution is -2.49. The average Bonchev–Trinajstić information content (AvgIpc) is 2.45. The first-order valence-corrected chi connectivity index (χ1v) is 6.37. The first kappa shape index (κ1) is 16.8. The first-order valence-electron chi connectivity index (χ1n) is 6.37. The fourth-order valence-corrected chi connectivity index (χ4v) is 1.42. The fourth-order valence-electron chi connectivity index (χ4n) is 1.42. The van der Waals surface area contributed by atoms with Crippen molar-refractivity contribution in [1.82, 2.24) is 4.90 Å². The fraction of sp³-hybridized carbons (Fsp3) is 0.429. The van der Waals surface area contributed by atoms with Gasteiger partial charge in [-0.2, -0.15) is 0 Å². The van der Waals surface area contributed by atoms with E-state index in [1.807, 2.05) is 0 Å². The summed E-state index contributed by atoms with van der Waals surface area (Å²) in [5.41, 5.74) is -0.356. The largest absolute Gasteiger partial charge is 0.480 e. The SMILES string of the molecule is CN(C(=O)Nc1ccccc1OCC(=O)O)C(C)(C)CO. The molecule has 7 heteroatoms. The van der Waals surface area contributed by atoms with Crippen molar-refractivity contribution in [2.75, 3.05) is 25.6 Å². The number of aliphatic carboxylic acids is 1. The van der Waals surface area contributed by atoms with Gasteiger partial charge in [0.2, 0.25) is 0 Å². The van der Waals surface area contributed by atoms with Crippen LogP contribution in [0.25, 0.3) is 0 Å². The molecular formula is C14H20N2O5. The van der Waals surface area contributed by atoms with Gasteiger partial charge in [0, 0.05) is 7.05 Å². The molecule has 0 aliphatic rings. The molecule has 116 valence electrons. The van der Waals surface area contributed by atoms with Gasteiger partial charge in [-0.05, 0) is 26.0 Å². The molecule has 0 aromatic heterocycles. The molecule has 21 heavy (non-hydrogen) atoms. The van der Waals surface area contributed by atoms with E-state index in [0.29, 0.717) is 5.69 Å². The van der Waals surface area contributed by atoms with Crippen LogP contribution in [-0.2, 0) is 4.79 Å². The molecule has 2 amide bonds. The molecule has 0 aliphatic heterocycles. The number of anilines is 1. The third-order valence-corrected chi connectivity index (χ3v) is 3.08. The number of rotatable bonds is 6. The summed E-state index contributed by atoms with van der Waals surface area (Å²) in [4.78, 5) is 24.0. The zero-order valence-electron chi connectivity index (χ0n) is 12.3. The van der Waals surface area contributed by atoms with Crippen LogP contribution in [0.5, 0.6) is 5.75 Å². The van der Waals surface area contributed by atoms with Crippen LogP contribution in [0.1, 0.15) is 13.8 Å². The van der Waals surface area contributed by atoms with Crippen LogP contribution < -0.4 is 10.1 Å². The summed E-state index contributed by atoms with van der Waals surface area (Å²) in [6, 6.07) is 6.11. The summed E-state index contributed by atoms with van der Waals surface area (Å²) in [6.07, 6.45) is 0. The van der Waals surface area contributed by atoms with Crippen molar-refractivity contribution in [2.45, 2.75) is 19.4 Å². The summed E-state index contributed by atoms with van der Waals surface area (Å²) in [5, 5.41) is 20.5. The van der Waals surface area contributed by atoms with Gasteiger partial charge in [-0.15, -0.1) is 0 Å². The average molecular weight is 296 g/mol. The number of benzene rings is 1. The third-order valence-electron chi connectivity index (χ3n) is 3.08. The molecule has 0 bridgehead atoms. The molecule has 7 nitrogen and oxygen atoms in total. The predicted molar refractivity (Wildman–Crippen MR) is 77.5 cm³/mol. The maximum atomic E-state index is 12.1. The van der Waals surface area contributed by atoms with Gasteiger partial charge in [0.15, 0.2) is 6.61 Å². The number of carbonyl (C=O) groups is 2. The van der Waals surface area contributed by atoms with Gasteiger partial charge < -0.3 is 25.2 Å². The molecule has 1 aromatic rings. The molecule has 1 rings (SSSR count). The molecule has 0 saturated carbocycles. The van der Waals surface area contributed by atoms with E-state index in [1.165, 1.54) is 4.90 Å². The lowest BCUT2D eigenvalue weighted by Gasteiger charge is -2.33. The number of nitrogens with zero attached hydrogens (tertiary/aromatic N) is 1. The third kappa shape index (κ3) is 4.64. The lowest BCUT2D eigenvalue weighted by atomic mass is 10.1. The lowest BCUT2D eigenvalue weighted by molar-refractivity contribution is -0.139. The quantitative estimate of drug-likeness (QED) is 0.736. The maximum Gasteiger partial charge on any atom is 0.341 e. The number of aliphatic hydroxyl groups excluding tert-OH is 1. The van der Waals surface area contributed by atoms with Gasteiger partial charge in [-0.25, -0.2) is 9.59 Å². The number of hydrogen-bond acceptors (Lipinski definition) is 4. The van der Waals surface area contributed by atoms with Gasteiger partial charge >= 0.3 is 12.0 Å². The summed E-state index contributed by atoms with van der Waals surface area (Å²) in [6.45, 7) is 2.76. The second-order valence-electron chi connectivity index (χ2n) is 5.14. The van der Waals surface area contributed by atoms with E-state index in [1.54, 1.807) is 45.2 Å². The number of hydrogen-bond donors (Lipinski definition) is 3. The van der Waals surface area contributed by atoms with Crippen molar-refractivity contribution in [3.05, 3.63) is 24.3 Å². The van der Waals surface area contributed by atoms with Crippen LogP contribution in [-0.4, -0.2) is 52.9 Å². The normalized spacial score (nSPS) is 10.9. The molecule has 1 aromatic carbocycles. The molecule has 0 spiro atoms. The number of carboxylic acid groups (broad SMARTS) is 1. The van der Waals surface area contributed by atoms with E-state index in [-0.39, 0.29) is 12.4 Å². The zero-order valence-corrected chi connectivity index (χ0v) is 12.3. The number of carbonyl (C=O) groups excluding carboxylic acids is 1. The van der Waals surface area contributed by atoms with Crippen LogP contribution in [0.3, 0.4) is 0 Å². The molecular weight excluding hydrogens is 276 g/mol. The van der Waals surface area contributed by atoms with E-state index >= 15 is 0 Å². The minimum Gasteiger partial charge on any atom is -0.480 e. The highest BCUT2D eigenvalue weighted by molar-refractivity contribution is 5.91. The highest BCUT2D eigenvalue weighted by Crippen LogP contribution is 2.24. The van der Waals surface area contributed by atoms with E-state index in [9.17, 15) is 14.7 Å². The molecule has 0 saturated heterocycles. The number of urea groups is 1. The van der Waals surface area contributed by atoms with Gasteiger partial charge in [0.1, 0.15) is 5.75 Å². The zero-order chi connectivity index (χ0) is 16.0. The smallest absolute Gasteiger partial charge is 0.341 e. The molecule has 0 fully saturated rings. The Kier molecular flexibility index (Phi) is 5.54. The van der Waals surface area contributed by atoms with Crippen molar-refractivity contribution in [1.29, 1.82) is 0 Å². The number of aliphatic hydroxyl groups is 1. The van der Waals surface area contributed by atoms with Crippen LogP contribution in [0.2, 0.25) is 0 Å². The van der Waals surface area contributed by atoms with E-state index in [0.717, 1.165) is 0 Å². The van der Waals surface area contributed by atoms with E-state index < -0.39 is 24.1 Å². The van der Waals surface area contributed by atoms with Gasteiger partial charge in [0.05, 0.1) is 17.8 Å². The van der Waals surface area contributed by atoms with Crippen LogP contribution in [0.4, 0.5) is 10.5 Å². The molecule has 0 atom stereocenters. The van der Waals surface area contributed by atoms with Gasteiger partial charge in [-0.1, -0.05) is 12.1 Å². The Balaban J connectivity index is 2.83. The summed E-state index contributed by atoms with van der Waals surface area (Å²) >= 11 is 0. The number of ether oxygens (including phenoxy) is 1. The number of para-hydroxylation sites is 2. The second-order valence-corrected chi connectivity index (χ2v) is 5.14. The maximum absolute atomic E-state index is 12.1. The summed E-state index contributed by atoms with van der Waals surface area (Å²) < 4.78 is 5.11. The predicted octanol–water partition coefficient (Wildman–Crippen LogP) is 1.38. The van der Waals surface area contributed by atoms with Crippen LogP contribution in [0.15, 0.2) is 24.3 Å². The van der Waals surface area contributed by atoms with Gasteiger partial charge in [-0.3, -0.25) is 0 Å². The standard InChI is InChI=1S/C14H20N2O5/c1-14(2,9-17)16(3)13(20)15-10-6-4-5-7-11(10)21-8-12(18)19/h4-7,17H,8-9H2,1-3H3,(H,15,20)(H,18,19). The Morgan fingerprint density at radius 1 is 1.33 bits per heavy atom. The molecule has 0 aliphatic carbocycles. The van der Waals surface area contributed by atoms with Crippen LogP contribution >= 0.6 is 0 Å². The topological polar surface area (TPSA) is 99.1 Å². The van der Waals surface area contributed by atoms with Crippen molar-refractivity contribution in [3.8, 4) is 5.75 Å². The van der Waals surface area contributed by atoms with Crippen molar-refractivity contribution in [2.24, 2.45) is 0 Å². The number of amides is 2. The Labute approximate surface area is 123 Å². The highest BCUT2D eigenvalue weighted by atomic mass is 16.5. The van der Waals surface area contributed by atoms with E-state index in [4.69, 9.17) is 9.84 Å². The minimum absolute atomic E-state index is 0.186. The number of likely N-dealkylation sites (N-methyl/N-ethyl adjacent to an activating group) is 1. The molecule has 0 unspecified atom stereocenters. The Morgan fingerprint density at radius 2 is 1.95 bits per heavy atom.